The van der Waals surface area contributed by atoms with E-state index >= 15 is 0 Å². The van der Waals surface area contributed by atoms with Gasteiger partial charge in [-0.3, -0.25) is 4.79 Å². The molecule has 2 heterocycles. The first kappa shape index (κ1) is 26.4. The Morgan fingerprint density at radius 2 is 1.70 bits per heavy atom. The second-order valence-electron chi connectivity index (χ2n) is 8.80. The van der Waals surface area contributed by atoms with Crippen molar-refractivity contribution in [3.05, 3.63) is 65.9 Å². The van der Waals surface area contributed by atoms with Gasteiger partial charge < -0.3 is 20.0 Å². The van der Waals surface area contributed by atoms with E-state index in [1.165, 1.54) is 48.3 Å². The molecule has 0 spiro atoms. The molecule has 2 N–H and O–H groups in total. The fraction of sp³-hybridized carbons (Fsp3) is 0.292. The molecule has 0 fully saturated rings. The minimum Gasteiger partial charge on any atom is -0.342 e. The number of sulfonamides is 1. The maximum absolute atomic E-state index is 14.5. The van der Waals surface area contributed by atoms with Gasteiger partial charge in [0.05, 0.1) is 16.7 Å². The first-order valence-electron chi connectivity index (χ1n) is 11.3. The van der Waals surface area contributed by atoms with Crippen LogP contribution in [0.2, 0.25) is 0 Å². The summed E-state index contributed by atoms with van der Waals surface area (Å²) < 4.78 is 56.6. The summed E-state index contributed by atoms with van der Waals surface area (Å²) in [5.74, 6) is -1.75. The maximum atomic E-state index is 14.5. The third-order valence-corrected chi connectivity index (χ3v) is 7.42. The molecule has 0 aliphatic carbocycles. The van der Waals surface area contributed by atoms with Crippen LogP contribution in [0, 0.1) is 11.6 Å². The fourth-order valence-electron chi connectivity index (χ4n) is 3.94. The Morgan fingerprint density at radius 1 is 1.05 bits per heavy atom. The standard InChI is InChI=1S/C24H27F2N7O3S/c1-31(2)13-12-28-37(35,36)16-10-8-15(9-11-16)29-24-27-14-19-22(30-24)33(4)21(23(34)32(19)3)20-17(25)6-5-7-18(20)26/h5-11,14,21,28H,12-13H2,1-4H3,(H,27,29,30). The summed E-state index contributed by atoms with van der Waals surface area (Å²) in [6.45, 7) is 0.842. The first-order valence-corrected chi connectivity index (χ1v) is 12.8. The van der Waals surface area contributed by atoms with Crippen molar-refractivity contribution in [2.75, 3.05) is 56.4 Å². The summed E-state index contributed by atoms with van der Waals surface area (Å²) >= 11 is 0. The van der Waals surface area contributed by atoms with E-state index in [1.54, 1.807) is 12.1 Å². The van der Waals surface area contributed by atoms with E-state index in [0.717, 1.165) is 12.1 Å². The molecule has 0 saturated carbocycles. The fourth-order valence-corrected chi connectivity index (χ4v) is 4.96. The van der Waals surface area contributed by atoms with Crippen molar-refractivity contribution < 1.29 is 22.0 Å². The van der Waals surface area contributed by atoms with E-state index in [0.29, 0.717) is 17.9 Å². The summed E-state index contributed by atoms with van der Waals surface area (Å²) in [4.78, 5) is 26.4. The number of hydrogen-bond acceptors (Lipinski definition) is 8. The highest BCUT2D eigenvalue weighted by Gasteiger charge is 2.40. The van der Waals surface area contributed by atoms with E-state index in [1.807, 2.05) is 19.0 Å². The summed E-state index contributed by atoms with van der Waals surface area (Å²) in [6, 6.07) is 8.22. The molecule has 2 aromatic carbocycles. The van der Waals surface area contributed by atoms with Crippen LogP contribution in [0.5, 0.6) is 0 Å². The number of rotatable bonds is 8. The monoisotopic (exact) mass is 531 g/mol. The van der Waals surface area contributed by atoms with Gasteiger partial charge in [-0.1, -0.05) is 6.07 Å². The van der Waals surface area contributed by atoms with Crippen LogP contribution in [0.25, 0.3) is 0 Å². The molecule has 0 saturated heterocycles. The number of halogens is 2. The van der Waals surface area contributed by atoms with Crippen molar-refractivity contribution in [3.8, 4) is 0 Å². The zero-order valence-electron chi connectivity index (χ0n) is 20.7. The predicted octanol–water partition coefficient (Wildman–Crippen LogP) is 2.49. The number of amides is 1. The number of fused-ring (bicyclic) bond motifs is 1. The highest BCUT2D eigenvalue weighted by molar-refractivity contribution is 7.89. The third kappa shape index (κ3) is 5.38. The zero-order chi connectivity index (χ0) is 26.9. The van der Waals surface area contributed by atoms with Crippen LogP contribution in [-0.2, 0) is 14.8 Å². The van der Waals surface area contributed by atoms with Crippen LogP contribution < -0.4 is 19.8 Å². The van der Waals surface area contributed by atoms with Gasteiger partial charge >= 0.3 is 0 Å². The van der Waals surface area contributed by atoms with Crippen LogP contribution in [0.4, 0.5) is 31.9 Å². The molecule has 1 atom stereocenters. The normalized spacial score (nSPS) is 15.8. The zero-order valence-corrected chi connectivity index (χ0v) is 21.6. The average Bonchev–Trinajstić information content (AvgIpc) is 2.84. The quantitative estimate of drug-likeness (QED) is 0.456. The van der Waals surface area contributed by atoms with E-state index in [-0.39, 0.29) is 28.8 Å². The number of nitrogens with one attached hydrogen (secondary N) is 2. The van der Waals surface area contributed by atoms with Gasteiger partial charge in [0.2, 0.25) is 16.0 Å². The van der Waals surface area contributed by atoms with Crippen molar-refractivity contribution in [1.29, 1.82) is 0 Å². The van der Waals surface area contributed by atoms with E-state index < -0.39 is 33.6 Å². The Morgan fingerprint density at radius 3 is 2.32 bits per heavy atom. The topological polar surface area (TPSA) is 111 Å². The number of carbonyl (C=O) groups excluding carboxylic acids is 1. The number of nitrogens with zero attached hydrogens (tertiary/aromatic N) is 5. The van der Waals surface area contributed by atoms with Gasteiger partial charge in [0.1, 0.15) is 23.4 Å². The van der Waals surface area contributed by atoms with Crippen LogP contribution in [0.3, 0.4) is 0 Å². The second kappa shape index (κ2) is 10.4. The molecular formula is C24H27F2N7O3S. The van der Waals surface area contributed by atoms with Crippen LogP contribution in [0.1, 0.15) is 11.6 Å². The Hall–Kier alpha value is -3.68. The number of likely N-dealkylation sites (N-methyl/N-ethyl adjacent to an activating group) is 3. The van der Waals surface area contributed by atoms with Gasteiger partial charge in [-0.15, -0.1) is 0 Å². The molecule has 1 aliphatic rings. The summed E-state index contributed by atoms with van der Waals surface area (Å²) in [6.07, 6.45) is 1.43. The largest absolute Gasteiger partial charge is 0.342 e. The lowest BCUT2D eigenvalue weighted by molar-refractivity contribution is -0.120. The molecule has 1 aromatic heterocycles. The Balaban J connectivity index is 1.57. The van der Waals surface area contributed by atoms with Crippen molar-refractivity contribution >= 4 is 39.1 Å². The number of carbonyl (C=O) groups is 1. The lowest BCUT2D eigenvalue weighted by Gasteiger charge is -2.38. The van der Waals surface area contributed by atoms with Gasteiger partial charge in [-0.05, 0) is 50.5 Å². The maximum Gasteiger partial charge on any atom is 0.254 e. The van der Waals surface area contributed by atoms with E-state index in [2.05, 4.69) is 20.0 Å². The highest BCUT2D eigenvalue weighted by atomic mass is 32.2. The van der Waals surface area contributed by atoms with Gasteiger partial charge in [-0.25, -0.2) is 26.9 Å². The molecular weight excluding hydrogens is 504 g/mol. The van der Waals surface area contributed by atoms with Gasteiger partial charge in [-0.2, -0.15) is 4.98 Å². The third-order valence-electron chi connectivity index (χ3n) is 5.94. The predicted molar refractivity (Wildman–Crippen MR) is 136 cm³/mol. The highest BCUT2D eigenvalue weighted by Crippen LogP contribution is 2.40. The summed E-state index contributed by atoms with van der Waals surface area (Å²) in [7, 11) is 3.06. The summed E-state index contributed by atoms with van der Waals surface area (Å²) in [5, 5.41) is 2.99. The van der Waals surface area contributed by atoms with Crippen molar-refractivity contribution in [2.45, 2.75) is 10.9 Å². The lowest BCUT2D eigenvalue weighted by atomic mass is 10.0. The molecule has 13 heteroatoms. The molecule has 1 amide bonds. The minimum absolute atomic E-state index is 0.109. The minimum atomic E-state index is -3.66. The molecule has 37 heavy (non-hydrogen) atoms. The molecule has 1 aliphatic heterocycles. The SMILES string of the molecule is CN(C)CCNS(=O)(=O)c1ccc(Nc2ncc3c(n2)N(C)C(c2c(F)cccc2F)C(=O)N3C)cc1. The van der Waals surface area contributed by atoms with Crippen LogP contribution in [-0.4, -0.2) is 70.5 Å². The van der Waals surface area contributed by atoms with Gasteiger partial charge in [0, 0.05) is 32.9 Å². The average molecular weight is 532 g/mol. The van der Waals surface area contributed by atoms with Crippen molar-refractivity contribution in [2.24, 2.45) is 0 Å². The molecule has 0 bridgehead atoms. The Bertz CT molecular complexity index is 1400. The van der Waals surface area contributed by atoms with Crippen LogP contribution in [0.15, 0.2) is 53.6 Å². The number of anilines is 4. The Labute approximate surface area is 214 Å². The van der Waals surface area contributed by atoms with Gasteiger partial charge in [0.25, 0.3) is 5.91 Å². The lowest BCUT2D eigenvalue weighted by Crippen LogP contribution is -2.46. The van der Waals surface area contributed by atoms with Gasteiger partial charge in [0.15, 0.2) is 5.82 Å². The molecule has 4 rings (SSSR count). The van der Waals surface area contributed by atoms with Crippen molar-refractivity contribution in [3.63, 3.8) is 0 Å². The molecule has 0 radical (unpaired) electrons. The molecule has 10 nitrogen and oxygen atoms in total. The Kier molecular flexibility index (Phi) is 7.39. The molecule has 1 unspecified atom stereocenters. The smallest absolute Gasteiger partial charge is 0.254 e. The van der Waals surface area contributed by atoms with Crippen LogP contribution >= 0.6 is 0 Å². The summed E-state index contributed by atoms with van der Waals surface area (Å²) in [5.41, 5.74) is 0.527. The van der Waals surface area contributed by atoms with Crippen molar-refractivity contribution in [1.82, 2.24) is 19.6 Å². The second-order valence-corrected chi connectivity index (χ2v) is 10.6. The number of aromatic nitrogens is 2. The molecule has 3 aromatic rings. The molecule has 196 valence electrons. The van der Waals surface area contributed by atoms with E-state index in [4.69, 9.17) is 0 Å². The number of hydrogen-bond donors (Lipinski definition) is 2. The first-order chi connectivity index (χ1) is 17.5. The number of benzene rings is 2. The van der Waals surface area contributed by atoms with E-state index in [9.17, 15) is 22.0 Å².